The van der Waals surface area contributed by atoms with Crippen molar-refractivity contribution in [1.29, 1.82) is 0 Å². The van der Waals surface area contributed by atoms with Gasteiger partial charge in [-0.15, -0.1) is 0 Å². The zero-order valence-corrected chi connectivity index (χ0v) is 19.1. The maximum atomic E-state index is 12.6. The van der Waals surface area contributed by atoms with Gasteiger partial charge in [-0.3, -0.25) is 9.69 Å². The number of likely N-dealkylation sites (N-methyl/N-ethyl adjacent to an activating group) is 1. The monoisotopic (exact) mass is 431 g/mol. The zero-order valence-electron chi connectivity index (χ0n) is 18.3. The number of rotatable bonds is 11. The van der Waals surface area contributed by atoms with Crippen LogP contribution in [0.4, 0.5) is 0 Å². The van der Waals surface area contributed by atoms with Crippen LogP contribution in [0.2, 0.25) is 0 Å². The van der Waals surface area contributed by atoms with Crippen molar-refractivity contribution in [2.45, 2.75) is 51.1 Å². The average molecular weight is 432 g/mol. The van der Waals surface area contributed by atoms with Gasteiger partial charge in [0.15, 0.2) is 0 Å². The maximum absolute atomic E-state index is 12.6. The molecule has 2 N–H and O–H groups in total. The van der Waals surface area contributed by atoms with Crippen molar-refractivity contribution in [2.75, 3.05) is 19.6 Å². The molecule has 1 amide bonds. The summed E-state index contributed by atoms with van der Waals surface area (Å²) in [6, 6.07) is 16.3. The molecule has 0 aliphatic heterocycles. The summed E-state index contributed by atoms with van der Waals surface area (Å²) in [6.45, 7) is 10.1. The summed E-state index contributed by atoms with van der Waals surface area (Å²) < 4.78 is 27.0. The van der Waals surface area contributed by atoms with Crippen LogP contribution in [0.25, 0.3) is 0 Å². The Morgan fingerprint density at radius 3 is 2.10 bits per heavy atom. The average Bonchev–Trinajstić information content (AvgIpc) is 2.72. The van der Waals surface area contributed by atoms with Gasteiger partial charge < -0.3 is 5.32 Å². The first-order valence-corrected chi connectivity index (χ1v) is 11.9. The summed E-state index contributed by atoms with van der Waals surface area (Å²) in [5.41, 5.74) is 1.67. The van der Waals surface area contributed by atoms with Crippen LogP contribution in [0.5, 0.6) is 0 Å². The van der Waals surface area contributed by atoms with Crippen LogP contribution in [-0.2, 0) is 16.4 Å². The largest absolute Gasteiger partial charge is 0.350 e. The molecule has 0 aliphatic carbocycles. The lowest BCUT2D eigenvalue weighted by Gasteiger charge is -2.30. The van der Waals surface area contributed by atoms with Gasteiger partial charge in [-0.1, -0.05) is 44.2 Å². The third kappa shape index (κ3) is 6.93. The minimum absolute atomic E-state index is 0.151. The smallest absolute Gasteiger partial charge is 0.251 e. The fraction of sp³-hybridized carbons (Fsp3) is 0.435. The van der Waals surface area contributed by atoms with Crippen molar-refractivity contribution in [3.05, 3.63) is 65.7 Å². The maximum Gasteiger partial charge on any atom is 0.251 e. The molecule has 164 valence electrons. The van der Waals surface area contributed by atoms with E-state index in [1.807, 2.05) is 18.2 Å². The fourth-order valence-corrected chi connectivity index (χ4v) is 4.68. The molecule has 0 radical (unpaired) electrons. The van der Waals surface area contributed by atoms with Crippen molar-refractivity contribution in [1.82, 2.24) is 14.9 Å². The first-order chi connectivity index (χ1) is 14.3. The molecule has 0 bridgehead atoms. The topological polar surface area (TPSA) is 78.5 Å². The number of nitrogens with zero attached hydrogens (tertiary/aromatic N) is 1. The summed E-state index contributed by atoms with van der Waals surface area (Å²) in [7, 11) is -3.57. The fourth-order valence-electron chi connectivity index (χ4n) is 3.43. The standard InChI is InChI=1S/C23H33N3O3S/c1-5-26(6-2)21(16-19-10-8-7-9-11-19)17-24-23(27)20-12-14-22(15-13-20)30(28,29)25-18(3)4/h7-15,18,21,25H,5-6,16-17H2,1-4H3,(H,24,27). The molecule has 0 spiro atoms. The Balaban J connectivity index is 2.05. The van der Waals surface area contributed by atoms with Crippen LogP contribution < -0.4 is 10.0 Å². The molecule has 2 rings (SSSR count). The number of sulfonamides is 1. The van der Waals surface area contributed by atoms with Gasteiger partial charge in [0.05, 0.1) is 4.90 Å². The van der Waals surface area contributed by atoms with E-state index in [-0.39, 0.29) is 22.9 Å². The molecule has 30 heavy (non-hydrogen) atoms. The molecule has 0 aromatic heterocycles. The lowest BCUT2D eigenvalue weighted by atomic mass is 10.0. The minimum atomic E-state index is -3.57. The van der Waals surface area contributed by atoms with Crippen LogP contribution in [0.15, 0.2) is 59.5 Å². The molecule has 0 saturated heterocycles. The second kappa shape index (κ2) is 11.2. The van der Waals surface area contributed by atoms with Gasteiger partial charge in [-0.25, -0.2) is 13.1 Å². The lowest BCUT2D eigenvalue weighted by Crippen LogP contribution is -2.45. The van der Waals surface area contributed by atoms with E-state index in [0.717, 1.165) is 19.5 Å². The third-order valence-corrected chi connectivity index (χ3v) is 6.63. The summed E-state index contributed by atoms with van der Waals surface area (Å²) in [4.78, 5) is 15.1. The molecule has 2 aromatic rings. The van der Waals surface area contributed by atoms with Crippen LogP contribution >= 0.6 is 0 Å². The molecule has 0 aliphatic rings. The number of carbonyl (C=O) groups excluding carboxylic acids is 1. The summed E-state index contributed by atoms with van der Waals surface area (Å²) >= 11 is 0. The Morgan fingerprint density at radius 2 is 1.57 bits per heavy atom. The molecule has 1 unspecified atom stereocenters. The predicted molar refractivity (Wildman–Crippen MR) is 121 cm³/mol. The van der Waals surface area contributed by atoms with Crippen LogP contribution in [-0.4, -0.2) is 50.9 Å². The SMILES string of the molecule is CCN(CC)C(CNC(=O)c1ccc(S(=O)(=O)NC(C)C)cc1)Cc1ccccc1. The molecular weight excluding hydrogens is 398 g/mol. The summed E-state index contributed by atoms with van der Waals surface area (Å²) in [5, 5.41) is 3.01. The van der Waals surface area contributed by atoms with Gasteiger partial charge in [0.2, 0.25) is 10.0 Å². The van der Waals surface area contributed by atoms with Gasteiger partial charge in [0.25, 0.3) is 5.91 Å². The zero-order chi connectivity index (χ0) is 22.1. The van der Waals surface area contributed by atoms with Crippen LogP contribution in [0, 0.1) is 0 Å². The van der Waals surface area contributed by atoms with E-state index in [1.165, 1.54) is 17.7 Å². The van der Waals surface area contributed by atoms with E-state index in [1.54, 1.807) is 26.0 Å². The number of benzene rings is 2. The molecular formula is C23H33N3O3S. The molecule has 0 heterocycles. The van der Waals surface area contributed by atoms with E-state index in [4.69, 9.17) is 0 Å². The molecule has 2 aromatic carbocycles. The predicted octanol–water partition coefficient (Wildman–Crippen LogP) is 3.06. The Hall–Kier alpha value is -2.22. The van der Waals surface area contributed by atoms with Gasteiger partial charge in [-0.05, 0) is 63.2 Å². The first-order valence-electron chi connectivity index (χ1n) is 10.4. The Bertz CT molecular complexity index is 893. The number of hydrogen-bond donors (Lipinski definition) is 2. The van der Waals surface area contributed by atoms with Crippen molar-refractivity contribution in [2.24, 2.45) is 0 Å². The highest BCUT2D eigenvalue weighted by Crippen LogP contribution is 2.12. The van der Waals surface area contributed by atoms with Gasteiger partial charge >= 0.3 is 0 Å². The van der Waals surface area contributed by atoms with Gasteiger partial charge in [-0.2, -0.15) is 0 Å². The Labute approximate surface area is 180 Å². The number of nitrogens with one attached hydrogen (secondary N) is 2. The Kier molecular flexibility index (Phi) is 9.02. The van der Waals surface area contributed by atoms with E-state index in [2.05, 4.69) is 40.9 Å². The van der Waals surface area contributed by atoms with E-state index in [0.29, 0.717) is 12.1 Å². The van der Waals surface area contributed by atoms with Crippen LogP contribution in [0.1, 0.15) is 43.6 Å². The van der Waals surface area contributed by atoms with Crippen molar-refractivity contribution in [3.8, 4) is 0 Å². The normalized spacial score (nSPS) is 12.9. The van der Waals surface area contributed by atoms with Crippen LogP contribution in [0.3, 0.4) is 0 Å². The second-order valence-corrected chi connectivity index (χ2v) is 9.29. The highest BCUT2D eigenvalue weighted by molar-refractivity contribution is 7.89. The molecule has 0 fully saturated rings. The van der Waals surface area contributed by atoms with Crippen molar-refractivity contribution >= 4 is 15.9 Å². The van der Waals surface area contributed by atoms with Crippen molar-refractivity contribution in [3.63, 3.8) is 0 Å². The Morgan fingerprint density at radius 1 is 0.967 bits per heavy atom. The molecule has 1 atom stereocenters. The quantitative estimate of drug-likeness (QED) is 0.573. The van der Waals surface area contributed by atoms with Gasteiger partial charge in [0.1, 0.15) is 0 Å². The number of amides is 1. The van der Waals surface area contributed by atoms with E-state index in [9.17, 15) is 13.2 Å². The van der Waals surface area contributed by atoms with E-state index < -0.39 is 10.0 Å². The van der Waals surface area contributed by atoms with E-state index >= 15 is 0 Å². The molecule has 6 nitrogen and oxygen atoms in total. The molecule has 0 saturated carbocycles. The minimum Gasteiger partial charge on any atom is -0.350 e. The lowest BCUT2D eigenvalue weighted by molar-refractivity contribution is 0.0934. The highest BCUT2D eigenvalue weighted by Gasteiger charge is 2.19. The highest BCUT2D eigenvalue weighted by atomic mass is 32.2. The number of carbonyl (C=O) groups is 1. The third-order valence-electron chi connectivity index (χ3n) is 4.96. The first kappa shape index (κ1) is 24.1. The molecule has 7 heteroatoms. The summed E-state index contributed by atoms with van der Waals surface area (Å²) in [6.07, 6.45) is 0.848. The number of hydrogen-bond acceptors (Lipinski definition) is 4. The van der Waals surface area contributed by atoms with Crippen molar-refractivity contribution < 1.29 is 13.2 Å². The summed E-state index contributed by atoms with van der Waals surface area (Å²) in [5.74, 6) is -0.207. The van der Waals surface area contributed by atoms with Gasteiger partial charge in [0, 0.05) is 24.2 Å². The second-order valence-electron chi connectivity index (χ2n) is 7.58.